The van der Waals surface area contributed by atoms with E-state index in [4.69, 9.17) is 16.0 Å². The number of hydrogen-bond acceptors (Lipinski definition) is 11. The predicted octanol–water partition coefficient (Wildman–Crippen LogP) is 4.39. The van der Waals surface area contributed by atoms with Crippen LogP contribution < -0.4 is 16.2 Å². The van der Waals surface area contributed by atoms with Crippen LogP contribution in [0.5, 0.6) is 0 Å². The molecule has 0 radical (unpaired) electrons. The summed E-state index contributed by atoms with van der Waals surface area (Å²) in [7, 11) is -3.94. The summed E-state index contributed by atoms with van der Waals surface area (Å²) in [5.41, 5.74) is 13.6. The van der Waals surface area contributed by atoms with E-state index in [1.165, 1.54) is 41.7 Å². The molecule has 0 bridgehead atoms. The first-order valence-electron chi connectivity index (χ1n) is 10.3. The lowest BCUT2D eigenvalue weighted by Crippen LogP contribution is -2.13. The number of sulfonamides is 1. The number of nitrogens with two attached hydrogens (primary N) is 2. The third-order valence-corrected chi connectivity index (χ3v) is 8.64. The molecule has 0 amide bonds. The molecule has 0 saturated heterocycles. The zero-order chi connectivity index (χ0) is 25.6. The third-order valence-electron chi connectivity index (χ3n) is 5.28. The van der Waals surface area contributed by atoms with E-state index in [0.29, 0.717) is 21.5 Å². The topological polar surface area (TPSA) is 178 Å². The molecule has 5 rings (SSSR count). The zero-order valence-corrected chi connectivity index (χ0v) is 20.9. The zero-order valence-electron chi connectivity index (χ0n) is 18.5. The number of anilines is 3. The van der Waals surface area contributed by atoms with E-state index in [-0.39, 0.29) is 38.2 Å². The normalized spacial score (nSPS) is 11.4. The SMILES string of the molecule is Cc1cc(NS(=O)(=O)c2ccc(C(=O)c3sc4nc(N)c(C#N)c(-c5cccs5)c4c3N)cc2)no1. The smallest absolute Gasteiger partial charge is 0.263 e. The lowest BCUT2D eigenvalue weighted by atomic mass is 10.0. The van der Waals surface area contributed by atoms with E-state index in [1.54, 1.807) is 6.92 Å². The van der Waals surface area contributed by atoms with E-state index in [0.717, 1.165) is 16.2 Å². The van der Waals surface area contributed by atoms with Crippen LogP contribution in [0.15, 0.2) is 57.3 Å². The first-order valence-corrected chi connectivity index (χ1v) is 13.4. The average Bonchev–Trinajstić information content (AvgIpc) is 3.59. The van der Waals surface area contributed by atoms with Crippen molar-refractivity contribution in [3.63, 3.8) is 0 Å². The highest BCUT2D eigenvalue weighted by atomic mass is 32.2. The molecule has 180 valence electrons. The fourth-order valence-corrected chi connectivity index (χ4v) is 6.49. The van der Waals surface area contributed by atoms with Crippen molar-refractivity contribution in [3.8, 4) is 16.5 Å². The number of carbonyl (C=O) groups excluding carboxylic acids is 1. The number of hydrogen-bond donors (Lipinski definition) is 3. The van der Waals surface area contributed by atoms with E-state index < -0.39 is 15.8 Å². The lowest BCUT2D eigenvalue weighted by Gasteiger charge is -2.07. The monoisotopic (exact) mass is 536 g/mol. The Hall–Kier alpha value is -4.25. The quantitative estimate of drug-likeness (QED) is 0.265. The van der Waals surface area contributed by atoms with Crippen LogP contribution in [-0.2, 0) is 10.0 Å². The fourth-order valence-electron chi connectivity index (χ4n) is 3.65. The Morgan fingerprint density at radius 1 is 1.19 bits per heavy atom. The largest absolute Gasteiger partial charge is 0.397 e. The number of nitrogens with zero attached hydrogens (tertiary/aromatic N) is 3. The van der Waals surface area contributed by atoms with Gasteiger partial charge in [-0.25, -0.2) is 13.4 Å². The van der Waals surface area contributed by atoms with Gasteiger partial charge in [-0.2, -0.15) is 5.26 Å². The molecule has 10 nitrogen and oxygen atoms in total. The first-order chi connectivity index (χ1) is 17.2. The third kappa shape index (κ3) is 3.97. The Morgan fingerprint density at radius 3 is 2.56 bits per heavy atom. The van der Waals surface area contributed by atoms with Gasteiger partial charge in [0.05, 0.1) is 10.6 Å². The minimum atomic E-state index is -3.94. The molecule has 0 aliphatic rings. The Balaban J connectivity index is 1.53. The number of aromatic nitrogens is 2. The van der Waals surface area contributed by atoms with Crippen LogP contribution >= 0.6 is 22.7 Å². The van der Waals surface area contributed by atoms with Gasteiger partial charge >= 0.3 is 0 Å². The maximum atomic E-state index is 13.4. The molecule has 0 aliphatic carbocycles. The molecule has 0 unspecified atom stereocenters. The fraction of sp³-hybridized carbons (Fsp3) is 0.0435. The number of carbonyl (C=O) groups is 1. The average molecular weight is 537 g/mol. The number of nitriles is 1. The Kier molecular flexibility index (Phi) is 5.71. The number of nitrogens with one attached hydrogen (secondary N) is 1. The Morgan fingerprint density at radius 2 is 1.94 bits per heavy atom. The summed E-state index contributed by atoms with van der Waals surface area (Å²) >= 11 is 2.48. The van der Waals surface area contributed by atoms with Crippen LogP contribution in [-0.4, -0.2) is 24.3 Å². The van der Waals surface area contributed by atoms with Gasteiger partial charge in [0.1, 0.15) is 32.9 Å². The summed E-state index contributed by atoms with van der Waals surface area (Å²) in [6, 6.07) is 12.6. The number of pyridine rings is 1. The number of thiophene rings is 2. The van der Waals surface area contributed by atoms with Crippen LogP contribution in [0.3, 0.4) is 0 Å². The molecule has 1 aromatic carbocycles. The van der Waals surface area contributed by atoms with Gasteiger partial charge in [0.15, 0.2) is 5.82 Å². The van der Waals surface area contributed by atoms with Crippen molar-refractivity contribution >= 4 is 66.0 Å². The van der Waals surface area contributed by atoms with Gasteiger partial charge in [-0.3, -0.25) is 9.52 Å². The minimum absolute atomic E-state index is 0.0516. The number of ketones is 1. The molecule has 0 fully saturated rings. The molecule has 5 aromatic rings. The molecule has 4 heterocycles. The van der Waals surface area contributed by atoms with Crippen molar-refractivity contribution < 1.29 is 17.7 Å². The van der Waals surface area contributed by atoms with Crippen LogP contribution in [0.1, 0.15) is 26.6 Å². The van der Waals surface area contributed by atoms with Crippen LogP contribution in [0, 0.1) is 18.3 Å². The molecule has 0 aliphatic heterocycles. The molecule has 0 saturated carbocycles. The van der Waals surface area contributed by atoms with Crippen molar-refractivity contribution in [3.05, 3.63) is 69.6 Å². The summed E-state index contributed by atoms with van der Waals surface area (Å²) in [6.07, 6.45) is 0. The number of aryl methyl sites for hydroxylation is 1. The van der Waals surface area contributed by atoms with Gasteiger partial charge < -0.3 is 16.0 Å². The number of rotatable bonds is 6. The second-order valence-electron chi connectivity index (χ2n) is 7.64. The molecule has 5 N–H and O–H groups in total. The van der Waals surface area contributed by atoms with Crippen molar-refractivity contribution in [2.75, 3.05) is 16.2 Å². The first kappa shape index (κ1) is 23.5. The summed E-state index contributed by atoms with van der Waals surface area (Å²) in [4.78, 5) is 19.0. The molecule has 0 atom stereocenters. The Labute approximate surface area is 212 Å². The van der Waals surface area contributed by atoms with Gasteiger partial charge in [0.2, 0.25) is 5.78 Å². The van der Waals surface area contributed by atoms with Gasteiger partial charge in [-0.05, 0) is 42.6 Å². The minimum Gasteiger partial charge on any atom is -0.397 e. The van der Waals surface area contributed by atoms with Crippen LogP contribution in [0.25, 0.3) is 20.7 Å². The maximum Gasteiger partial charge on any atom is 0.263 e. The van der Waals surface area contributed by atoms with E-state index in [1.807, 2.05) is 17.5 Å². The highest BCUT2D eigenvalue weighted by molar-refractivity contribution is 7.92. The number of benzene rings is 1. The molecule has 13 heteroatoms. The predicted molar refractivity (Wildman–Crippen MR) is 138 cm³/mol. The van der Waals surface area contributed by atoms with E-state index >= 15 is 0 Å². The second kappa shape index (κ2) is 8.76. The van der Waals surface area contributed by atoms with Crippen LogP contribution in [0.4, 0.5) is 17.3 Å². The molecule has 36 heavy (non-hydrogen) atoms. The molecular formula is C23H16N6O4S3. The standard InChI is InChI=1S/C23H16N6O4S3/c1-11-9-16(28-33-11)29-36(31,32)13-6-4-12(5-7-13)20(30)21-19(25)18-17(15-3-2-8-34-15)14(10-24)22(26)27-23(18)35-21/h2-9H,25H2,1H3,(H2,26,27)(H,28,29). The summed E-state index contributed by atoms with van der Waals surface area (Å²) in [5, 5.41) is 15.7. The highest BCUT2D eigenvalue weighted by Crippen LogP contribution is 2.44. The van der Waals surface area contributed by atoms with Crippen molar-refractivity contribution in [1.82, 2.24) is 10.1 Å². The lowest BCUT2D eigenvalue weighted by molar-refractivity contribution is 0.104. The van der Waals surface area contributed by atoms with E-state index in [9.17, 15) is 18.5 Å². The van der Waals surface area contributed by atoms with Crippen molar-refractivity contribution in [1.29, 1.82) is 5.26 Å². The van der Waals surface area contributed by atoms with Gasteiger partial charge in [0, 0.05) is 27.5 Å². The highest BCUT2D eigenvalue weighted by Gasteiger charge is 2.26. The summed E-state index contributed by atoms with van der Waals surface area (Å²) < 4.78 is 32.5. The Bertz CT molecular complexity index is 1780. The van der Waals surface area contributed by atoms with Crippen molar-refractivity contribution in [2.24, 2.45) is 0 Å². The second-order valence-corrected chi connectivity index (χ2v) is 11.3. The van der Waals surface area contributed by atoms with Gasteiger partial charge in [-0.1, -0.05) is 11.2 Å². The van der Waals surface area contributed by atoms with Crippen molar-refractivity contribution in [2.45, 2.75) is 11.8 Å². The molecular weight excluding hydrogens is 520 g/mol. The molecule has 4 aromatic heterocycles. The van der Waals surface area contributed by atoms with Gasteiger partial charge in [-0.15, -0.1) is 22.7 Å². The summed E-state index contributed by atoms with van der Waals surface area (Å²) in [5.74, 6) is 0.150. The number of fused-ring (bicyclic) bond motifs is 1. The summed E-state index contributed by atoms with van der Waals surface area (Å²) in [6.45, 7) is 1.64. The van der Waals surface area contributed by atoms with E-state index in [2.05, 4.69) is 20.9 Å². The van der Waals surface area contributed by atoms with Gasteiger partial charge in [0.25, 0.3) is 10.0 Å². The maximum absolute atomic E-state index is 13.4. The molecule has 0 spiro atoms. The number of nitrogen functional groups attached to an aromatic ring is 2. The van der Waals surface area contributed by atoms with Crippen LogP contribution in [0.2, 0.25) is 0 Å².